The molecular formula is C22H22FN3O2. The number of amides is 1. The molecule has 0 radical (unpaired) electrons. The molecule has 0 saturated heterocycles. The van der Waals surface area contributed by atoms with Gasteiger partial charge in [-0.1, -0.05) is 24.3 Å². The van der Waals surface area contributed by atoms with Crippen molar-refractivity contribution in [2.75, 3.05) is 23.8 Å². The molecule has 144 valence electrons. The van der Waals surface area contributed by atoms with Gasteiger partial charge in [0.1, 0.15) is 17.4 Å². The number of aromatic nitrogens is 1. The Morgan fingerprint density at radius 3 is 2.68 bits per heavy atom. The van der Waals surface area contributed by atoms with E-state index in [1.165, 1.54) is 12.1 Å². The molecule has 1 aromatic heterocycles. The van der Waals surface area contributed by atoms with Crippen molar-refractivity contribution in [3.8, 4) is 5.75 Å². The number of hydrogen-bond donors (Lipinski definition) is 2. The average Bonchev–Trinajstić information content (AvgIpc) is 2.71. The number of ether oxygens (including phenoxy) is 1. The molecule has 0 atom stereocenters. The number of anilines is 2. The molecule has 2 N–H and O–H groups in total. The molecule has 0 aliphatic rings. The van der Waals surface area contributed by atoms with Crippen molar-refractivity contribution >= 4 is 17.4 Å². The van der Waals surface area contributed by atoms with Crippen LogP contribution in [0.5, 0.6) is 5.75 Å². The van der Waals surface area contributed by atoms with Crippen molar-refractivity contribution in [3.63, 3.8) is 0 Å². The Kier molecular flexibility index (Phi) is 6.57. The molecule has 5 nitrogen and oxygen atoms in total. The molecule has 0 aliphatic heterocycles. The van der Waals surface area contributed by atoms with Crippen molar-refractivity contribution in [2.45, 2.75) is 13.3 Å². The molecular weight excluding hydrogens is 357 g/mol. The van der Waals surface area contributed by atoms with Crippen LogP contribution in [-0.2, 0) is 6.42 Å². The van der Waals surface area contributed by atoms with Gasteiger partial charge in [-0.05, 0) is 55.3 Å². The SMILES string of the molecule is CCOc1ccccc1NC(=O)c1ccnc(NCCc2ccc(F)cc2)c1. The second kappa shape index (κ2) is 9.50. The van der Waals surface area contributed by atoms with E-state index < -0.39 is 0 Å². The van der Waals surface area contributed by atoms with E-state index in [4.69, 9.17) is 4.74 Å². The van der Waals surface area contributed by atoms with Gasteiger partial charge in [0.05, 0.1) is 12.3 Å². The fraction of sp³-hybridized carbons (Fsp3) is 0.182. The van der Waals surface area contributed by atoms with E-state index in [1.807, 2.05) is 25.1 Å². The van der Waals surface area contributed by atoms with Crippen LogP contribution in [0.4, 0.5) is 15.9 Å². The second-order valence-corrected chi connectivity index (χ2v) is 6.12. The van der Waals surface area contributed by atoms with Gasteiger partial charge in [0.25, 0.3) is 5.91 Å². The van der Waals surface area contributed by atoms with Crippen LogP contribution in [0.2, 0.25) is 0 Å². The van der Waals surface area contributed by atoms with E-state index in [9.17, 15) is 9.18 Å². The predicted octanol–water partition coefficient (Wildman–Crippen LogP) is 4.53. The molecule has 0 unspecified atom stereocenters. The summed E-state index contributed by atoms with van der Waals surface area (Å²) in [5, 5.41) is 6.06. The number of carbonyl (C=O) groups excluding carboxylic acids is 1. The Hall–Kier alpha value is -3.41. The number of hydrogen-bond acceptors (Lipinski definition) is 4. The molecule has 1 heterocycles. The van der Waals surface area contributed by atoms with Gasteiger partial charge in [-0.15, -0.1) is 0 Å². The molecule has 0 bridgehead atoms. The van der Waals surface area contributed by atoms with E-state index in [0.717, 1.165) is 12.0 Å². The maximum Gasteiger partial charge on any atom is 0.255 e. The summed E-state index contributed by atoms with van der Waals surface area (Å²) >= 11 is 0. The summed E-state index contributed by atoms with van der Waals surface area (Å²) in [6.45, 7) is 3.03. The first-order valence-electron chi connectivity index (χ1n) is 9.13. The zero-order valence-corrected chi connectivity index (χ0v) is 15.6. The van der Waals surface area contributed by atoms with Crippen molar-refractivity contribution in [3.05, 3.63) is 83.8 Å². The van der Waals surface area contributed by atoms with Crippen LogP contribution in [0.15, 0.2) is 66.9 Å². The zero-order valence-electron chi connectivity index (χ0n) is 15.6. The Labute approximate surface area is 163 Å². The van der Waals surface area contributed by atoms with Gasteiger partial charge >= 0.3 is 0 Å². The first-order chi connectivity index (χ1) is 13.7. The summed E-state index contributed by atoms with van der Waals surface area (Å²) in [4.78, 5) is 16.8. The standard InChI is InChI=1S/C22H22FN3O2/c1-2-28-20-6-4-3-5-19(20)26-22(27)17-12-14-25-21(15-17)24-13-11-16-7-9-18(23)10-8-16/h3-10,12,14-15H,2,11,13H2,1H3,(H,24,25)(H,26,27). The summed E-state index contributed by atoms with van der Waals surface area (Å²) in [7, 11) is 0. The number of pyridine rings is 1. The fourth-order valence-electron chi connectivity index (χ4n) is 2.70. The largest absolute Gasteiger partial charge is 0.492 e. The lowest BCUT2D eigenvalue weighted by atomic mass is 10.1. The van der Waals surface area contributed by atoms with Crippen LogP contribution in [0.3, 0.4) is 0 Å². The molecule has 3 aromatic rings. The molecule has 3 rings (SSSR count). The van der Waals surface area contributed by atoms with E-state index in [0.29, 0.717) is 36.0 Å². The number of para-hydroxylation sites is 2. The van der Waals surface area contributed by atoms with Crippen LogP contribution in [0.25, 0.3) is 0 Å². The van der Waals surface area contributed by atoms with Crippen molar-refractivity contribution in [1.82, 2.24) is 4.98 Å². The molecule has 28 heavy (non-hydrogen) atoms. The van der Waals surface area contributed by atoms with Gasteiger partial charge < -0.3 is 15.4 Å². The number of benzene rings is 2. The maximum absolute atomic E-state index is 12.9. The highest BCUT2D eigenvalue weighted by molar-refractivity contribution is 6.05. The number of carbonyl (C=O) groups is 1. The topological polar surface area (TPSA) is 63.2 Å². The van der Waals surface area contributed by atoms with Gasteiger partial charge in [0.2, 0.25) is 0 Å². The fourth-order valence-corrected chi connectivity index (χ4v) is 2.70. The third-order valence-corrected chi connectivity index (χ3v) is 4.09. The zero-order chi connectivity index (χ0) is 19.8. The van der Waals surface area contributed by atoms with Crippen LogP contribution >= 0.6 is 0 Å². The minimum absolute atomic E-state index is 0.240. The Morgan fingerprint density at radius 1 is 1.11 bits per heavy atom. The molecule has 0 aliphatic carbocycles. The second-order valence-electron chi connectivity index (χ2n) is 6.12. The number of halogens is 1. The molecule has 0 spiro atoms. The van der Waals surface area contributed by atoms with E-state index in [-0.39, 0.29) is 11.7 Å². The monoisotopic (exact) mass is 379 g/mol. The van der Waals surface area contributed by atoms with Crippen LogP contribution in [-0.4, -0.2) is 24.0 Å². The lowest BCUT2D eigenvalue weighted by molar-refractivity contribution is 0.102. The normalized spacial score (nSPS) is 10.4. The summed E-state index contributed by atoms with van der Waals surface area (Å²) in [6.07, 6.45) is 2.31. The minimum Gasteiger partial charge on any atom is -0.492 e. The van der Waals surface area contributed by atoms with Gasteiger partial charge in [0, 0.05) is 18.3 Å². The van der Waals surface area contributed by atoms with Crippen LogP contribution in [0, 0.1) is 5.82 Å². The molecule has 2 aromatic carbocycles. The lowest BCUT2D eigenvalue weighted by Crippen LogP contribution is -2.14. The quantitative estimate of drug-likeness (QED) is 0.604. The smallest absolute Gasteiger partial charge is 0.255 e. The van der Waals surface area contributed by atoms with Gasteiger partial charge in [-0.25, -0.2) is 9.37 Å². The van der Waals surface area contributed by atoms with Crippen molar-refractivity contribution < 1.29 is 13.9 Å². The number of rotatable bonds is 8. The number of nitrogens with zero attached hydrogens (tertiary/aromatic N) is 1. The third kappa shape index (κ3) is 5.30. The van der Waals surface area contributed by atoms with Gasteiger partial charge in [-0.2, -0.15) is 0 Å². The van der Waals surface area contributed by atoms with Gasteiger partial charge in [0.15, 0.2) is 0 Å². The maximum atomic E-state index is 12.9. The minimum atomic E-state index is -0.247. The average molecular weight is 379 g/mol. The molecule has 0 fully saturated rings. The van der Waals surface area contributed by atoms with E-state index in [1.54, 1.807) is 36.5 Å². The number of nitrogens with one attached hydrogen (secondary N) is 2. The summed E-state index contributed by atoms with van der Waals surface area (Å²) in [6, 6.07) is 17.1. The summed E-state index contributed by atoms with van der Waals surface area (Å²) in [5.74, 6) is 0.747. The molecule has 0 saturated carbocycles. The van der Waals surface area contributed by atoms with Crippen LogP contribution in [0.1, 0.15) is 22.8 Å². The third-order valence-electron chi connectivity index (χ3n) is 4.09. The van der Waals surface area contributed by atoms with E-state index in [2.05, 4.69) is 15.6 Å². The first kappa shape index (κ1) is 19.4. The highest BCUT2D eigenvalue weighted by atomic mass is 19.1. The highest BCUT2D eigenvalue weighted by Crippen LogP contribution is 2.24. The highest BCUT2D eigenvalue weighted by Gasteiger charge is 2.10. The van der Waals surface area contributed by atoms with Crippen LogP contribution < -0.4 is 15.4 Å². The van der Waals surface area contributed by atoms with Gasteiger partial charge in [-0.3, -0.25) is 4.79 Å². The lowest BCUT2D eigenvalue weighted by Gasteiger charge is -2.12. The Bertz CT molecular complexity index is 929. The summed E-state index contributed by atoms with van der Waals surface area (Å²) < 4.78 is 18.5. The summed E-state index contributed by atoms with van der Waals surface area (Å²) in [5.41, 5.74) is 2.14. The van der Waals surface area contributed by atoms with Crippen molar-refractivity contribution in [1.29, 1.82) is 0 Å². The molecule has 1 amide bonds. The van der Waals surface area contributed by atoms with E-state index >= 15 is 0 Å². The predicted molar refractivity (Wildman–Crippen MR) is 108 cm³/mol. The molecule has 6 heteroatoms. The Balaban J connectivity index is 1.61. The van der Waals surface area contributed by atoms with Crippen molar-refractivity contribution in [2.24, 2.45) is 0 Å². The first-order valence-corrected chi connectivity index (χ1v) is 9.13. The Morgan fingerprint density at radius 2 is 1.89 bits per heavy atom.